The van der Waals surface area contributed by atoms with Crippen molar-refractivity contribution in [2.45, 2.75) is 25.9 Å². The van der Waals surface area contributed by atoms with Gasteiger partial charge < -0.3 is 11.1 Å². The van der Waals surface area contributed by atoms with Gasteiger partial charge in [0.05, 0.1) is 10.6 Å². The summed E-state index contributed by atoms with van der Waals surface area (Å²) in [4.78, 5) is 3.72. The van der Waals surface area contributed by atoms with Gasteiger partial charge >= 0.3 is 6.18 Å². The summed E-state index contributed by atoms with van der Waals surface area (Å²) in [6.45, 7) is 3.20. The van der Waals surface area contributed by atoms with Crippen LogP contribution in [0, 0.1) is 5.92 Å². The molecule has 0 saturated carbocycles. The third-order valence-corrected chi connectivity index (χ3v) is 3.17. The molecule has 1 rings (SSSR count). The van der Waals surface area contributed by atoms with Crippen LogP contribution in [0.3, 0.4) is 0 Å². The summed E-state index contributed by atoms with van der Waals surface area (Å²) in [7, 11) is 0. The predicted molar refractivity (Wildman–Crippen MR) is 70.2 cm³/mol. The van der Waals surface area contributed by atoms with Gasteiger partial charge in [0, 0.05) is 12.7 Å². The molecule has 1 aromatic rings. The second-order valence-corrected chi connectivity index (χ2v) is 4.69. The lowest BCUT2D eigenvalue weighted by Crippen LogP contribution is -2.18. The Balaban J connectivity index is 2.70. The van der Waals surface area contributed by atoms with Gasteiger partial charge in [-0.1, -0.05) is 24.9 Å². The van der Waals surface area contributed by atoms with E-state index in [2.05, 4.69) is 10.3 Å². The lowest BCUT2D eigenvalue weighted by Gasteiger charge is -2.16. The predicted octanol–water partition coefficient (Wildman–Crippen LogP) is 3.54. The van der Waals surface area contributed by atoms with Crippen molar-refractivity contribution in [3.05, 3.63) is 22.8 Å². The highest BCUT2D eigenvalue weighted by molar-refractivity contribution is 6.32. The minimum absolute atomic E-state index is 0.0302. The van der Waals surface area contributed by atoms with E-state index in [1.807, 2.05) is 6.92 Å². The van der Waals surface area contributed by atoms with Gasteiger partial charge in [-0.15, -0.1) is 0 Å². The number of rotatable bonds is 6. The molecule has 1 unspecified atom stereocenters. The van der Waals surface area contributed by atoms with E-state index >= 15 is 0 Å². The van der Waals surface area contributed by atoms with Crippen molar-refractivity contribution < 1.29 is 13.2 Å². The Bertz CT molecular complexity index is 410. The number of hydrogen-bond acceptors (Lipinski definition) is 3. The van der Waals surface area contributed by atoms with Crippen LogP contribution in [0.25, 0.3) is 0 Å². The van der Waals surface area contributed by atoms with E-state index < -0.39 is 11.7 Å². The standard InChI is InChI=1S/C12H17ClF3N3/c1-2-8(3-4-17)6-18-11-10(13)5-9(7-19-11)12(14,15)16/h5,7-8H,2-4,6,17H2,1H3,(H,18,19). The van der Waals surface area contributed by atoms with Crippen LogP contribution in [0.5, 0.6) is 0 Å². The fourth-order valence-electron chi connectivity index (χ4n) is 1.65. The van der Waals surface area contributed by atoms with Crippen molar-refractivity contribution in [1.82, 2.24) is 4.98 Å². The lowest BCUT2D eigenvalue weighted by atomic mass is 10.0. The number of halogens is 4. The van der Waals surface area contributed by atoms with Crippen molar-refractivity contribution in [2.24, 2.45) is 11.7 Å². The Morgan fingerprint density at radius 1 is 1.47 bits per heavy atom. The van der Waals surface area contributed by atoms with Gasteiger partial charge in [0.15, 0.2) is 0 Å². The monoisotopic (exact) mass is 295 g/mol. The van der Waals surface area contributed by atoms with E-state index in [9.17, 15) is 13.2 Å². The number of alkyl halides is 3. The van der Waals surface area contributed by atoms with Gasteiger partial charge in [-0.25, -0.2) is 4.98 Å². The summed E-state index contributed by atoms with van der Waals surface area (Å²) in [6.07, 6.45) is -1.87. The van der Waals surface area contributed by atoms with Crippen LogP contribution in [0.15, 0.2) is 12.3 Å². The van der Waals surface area contributed by atoms with E-state index in [-0.39, 0.29) is 10.8 Å². The SMILES string of the molecule is CCC(CCN)CNc1ncc(C(F)(F)F)cc1Cl. The summed E-state index contributed by atoms with van der Waals surface area (Å²) in [6, 6.07) is 0.876. The molecule has 0 radical (unpaired) electrons. The van der Waals surface area contributed by atoms with Gasteiger partial charge in [-0.2, -0.15) is 13.2 Å². The van der Waals surface area contributed by atoms with Gasteiger partial charge in [0.1, 0.15) is 5.82 Å². The molecule has 3 N–H and O–H groups in total. The zero-order chi connectivity index (χ0) is 14.5. The Labute approximate surface area is 115 Å². The summed E-state index contributed by atoms with van der Waals surface area (Å²) < 4.78 is 37.3. The average Bonchev–Trinajstić information content (AvgIpc) is 2.34. The van der Waals surface area contributed by atoms with E-state index in [1.54, 1.807) is 0 Å². The molecule has 1 atom stereocenters. The molecular formula is C12H17ClF3N3. The maximum atomic E-state index is 12.4. The molecule has 108 valence electrons. The summed E-state index contributed by atoms with van der Waals surface area (Å²) >= 11 is 5.79. The molecule has 19 heavy (non-hydrogen) atoms. The maximum absolute atomic E-state index is 12.4. The topological polar surface area (TPSA) is 50.9 Å². The fraction of sp³-hybridized carbons (Fsp3) is 0.583. The number of nitrogens with zero attached hydrogens (tertiary/aromatic N) is 1. The Morgan fingerprint density at radius 2 is 2.16 bits per heavy atom. The molecule has 0 aromatic carbocycles. The molecule has 0 aliphatic rings. The van der Waals surface area contributed by atoms with Crippen LogP contribution in [-0.2, 0) is 6.18 Å². The van der Waals surface area contributed by atoms with Crippen molar-refractivity contribution >= 4 is 17.4 Å². The minimum atomic E-state index is -4.43. The number of hydrogen-bond donors (Lipinski definition) is 2. The van der Waals surface area contributed by atoms with Gasteiger partial charge in [-0.3, -0.25) is 0 Å². The van der Waals surface area contributed by atoms with E-state index in [1.165, 1.54) is 0 Å². The normalized spacial score (nSPS) is 13.4. The number of nitrogens with two attached hydrogens (primary N) is 1. The largest absolute Gasteiger partial charge is 0.417 e. The molecule has 7 heteroatoms. The fourth-order valence-corrected chi connectivity index (χ4v) is 1.88. The molecule has 0 fully saturated rings. The molecule has 0 aliphatic heterocycles. The quantitative estimate of drug-likeness (QED) is 0.844. The first-order valence-corrected chi connectivity index (χ1v) is 6.43. The summed E-state index contributed by atoms with van der Waals surface area (Å²) in [5.74, 6) is 0.621. The van der Waals surface area contributed by atoms with Gasteiger partial charge in [-0.05, 0) is 24.9 Å². The molecule has 0 aliphatic carbocycles. The van der Waals surface area contributed by atoms with Crippen LogP contribution < -0.4 is 11.1 Å². The van der Waals surface area contributed by atoms with Crippen LogP contribution in [-0.4, -0.2) is 18.1 Å². The first-order chi connectivity index (χ1) is 8.88. The molecule has 0 saturated heterocycles. The van der Waals surface area contributed by atoms with E-state index in [4.69, 9.17) is 17.3 Å². The molecule has 1 heterocycles. The zero-order valence-corrected chi connectivity index (χ0v) is 11.4. The second-order valence-electron chi connectivity index (χ2n) is 4.28. The highest BCUT2D eigenvalue weighted by Crippen LogP contribution is 2.32. The Morgan fingerprint density at radius 3 is 2.63 bits per heavy atom. The highest BCUT2D eigenvalue weighted by atomic mass is 35.5. The van der Waals surface area contributed by atoms with Crippen LogP contribution in [0.2, 0.25) is 5.02 Å². The summed E-state index contributed by atoms with van der Waals surface area (Å²) in [5.41, 5.74) is 4.63. The Hall–Kier alpha value is -1.01. The lowest BCUT2D eigenvalue weighted by molar-refractivity contribution is -0.137. The zero-order valence-electron chi connectivity index (χ0n) is 10.6. The first-order valence-electron chi connectivity index (χ1n) is 6.05. The highest BCUT2D eigenvalue weighted by Gasteiger charge is 2.31. The van der Waals surface area contributed by atoms with Crippen LogP contribution >= 0.6 is 11.6 Å². The summed E-state index contributed by atoms with van der Waals surface area (Å²) in [5, 5.41) is 2.93. The molecule has 3 nitrogen and oxygen atoms in total. The molecule has 0 amide bonds. The van der Waals surface area contributed by atoms with Crippen molar-refractivity contribution in [1.29, 1.82) is 0 Å². The third-order valence-electron chi connectivity index (χ3n) is 2.88. The van der Waals surface area contributed by atoms with Crippen molar-refractivity contribution in [2.75, 3.05) is 18.4 Å². The molecule has 0 spiro atoms. The molecule has 1 aromatic heterocycles. The number of nitrogens with one attached hydrogen (secondary N) is 1. The number of pyridine rings is 1. The van der Waals surface area contributed by atoms with E-state index in [0.717, 1.165) is 25.1 Å². The maximum Gasteiger partial charge on any atom is 0.417 e. The smallest absolute Gasteiger partial charge is 0.369 e. The number of aromatic nitrogens is 1. The van der Waals surface area contributed by atoms with Crippen molar-refractivity contribution in [3.8, 4) is 0 Å². The Kier molecular flexibility index (Phi) is 5.87. The first kappa shape index (κ1) is 16.0. The second kappa shape index (κ2) is 6.96. The number of anilines is 1. The average molecular weight is 296 g/mol. The van der Waals surface area contributed by atoms with E-state index in [0.29, 0.717) is 19.0 Å². The van der Waals surface area contributed by atoms with Crippen LogP contribution in [0.4, 0.5) is 19.0 Å². The molecule has 0 bridgehead atoms. The molecular weight excluding hydrogens is 279 g/mol. The minimum Gasteiger partial charge on any atom is -0.369 e. The van der Waals surface area contributed by atoms with Gasteiger partial charge in [0.2, 0.25) is 0 Å². The van der Waals surface area contributed by atoms with Gasteiger partial charge in [0.25, 0.3) is 0 Å². The van der Waals surface area contributed by atoms with Crippen LogP contribution in [0.1, 0.15) is 25.3 Å². The van der Waals surface area contributed by atoms with Crippen molar-refractivity contribution in [3.63, 3.8) is 0 Å². The third kappa shape index (κ3) is 4.87.